The lowest BCUT2D eigenvalue weighted by Gasteiger charge is -2.11. The van der Waals surface area contributed by atoms with Gasteiger partial charge in [-0.15, -0.1) is 0 Å². The summed E-state index contributed by atoms with van der Waals surface area (Å²) in [7, 11) is 0. The highest BCUT2D eigenvalue weighted by molar-refractivity contribution is 5.25. The van der Waals surface area contributed by atoms with E-state index in [4.69, 9.17) is 5.73 Å². The van der Waals surface area contributed by atoms with Gasteiger partial charge in [-0.05, 0) is 24.1 Å². The summed E-state index contributed by atoms with van der Waals surface area (Å²) < 4.78 is 37.0. The Labute approximate surface area is 80.7 Å². The molecule has 1 rings (SSSR count). The van der Waals surface area contributed by atoms with Crippen molar-refractivity contribution in [3.63, 3.8) is 0 Å². The highest BCUT2D eigenvalue weighted by Crippen LogP contribution is 2.20. The summed E-state index contributed by atoms with van der Waals surface area (Å²) >= 11 is 0. The van der Waals surface area contributed by atoms with E-state index in [0.717, 1.165) is 0 Å². The Hall–Kier alpha value is -1.03. The molecule has 2 N–H and O–H groups in total. The summed E-state index contributed by atoms with van der Waals surface area (Å²) in [5.74, 6) is -0.410. The van der Waals surface area contributed by atoms with Crippen molar-refractivity contribution in [2.75, 3.05) is 0 Å². The van der Waals surface area contributed by atoms with E-state index >= 15 is 0 Å². The van der Waals surface area contributed by atoms with Crippen molar-refractivity contribution in [1.82, 2.24) is 0 Å². The second-order valence-corrected chi connectivity index (χ2v) is 3.24. The monoisotopic (exact) mass is 203 g/mol. The van der Waals surface area contributed by atoms with Gasteiger partial charge in [0, 0.05) is 12.5 Å². The van der Waals surface area contributed by atoms with Crippen LogP contribution in [0.15, 0.2) is 18.2 Å². The van der Waals surface area contributed by atoms with Crippen LogP contribution in [-0.2, 0) is 0 Å². The third-order valence-corrected chi connectivity index (χ3v) is 2.06. The first-order valence-electron chi connectivity index (χ1n) is 4.30. The van der Waals surface area contributed by atoms with Crippen molar-refractivity contribution in [1.29, 1.82) is 0 Å². The molecule has 0 aromatic heterocycles. The van der Waals surface area contributed by atoms with Gasteiger partial charge in [0.1, 0.15) is 5.82 Å². The molecule has 4 heteroatoms. The standard InChI is InChI=1S/C10H12F3N/c1-6-2-3-7(4-8(6)11)9(14)5-10(12)13/h2-4,9-10H,5,14H2,1H3/t9-/m0/s1. The quantitative estimate of drug-likeness (QED) is 0.803. The minimum absolute atomic E-state index is 0.410. The molecule has 78 valence electrons. The molecule has 1 nitrogen and oxygen atoms in total. The van der Waals surface area contributed by atoms with Crippen LogP contribution in [0, 0.1) is 12.7 Å². The summed E-state index contributed by atoms with van der Waals surface area (Å²) in [6, 6.07) is 3.52. The van der Waals surface area contributed by atoms with Gasteiger partial charge in [-0.2, -0.15) is 0 Å². The molecular formula is C10H12F3N. The largest absolute Gasteiger partial charge is 0.324 e. The highest BCUT2D eigenvalue weighted by atomic mass is 19.3. The predicted molar refractivity (Wildman–Crippen MR) is 48.7 cm³/mol. The molecule has 1 atom stereocenters. The molecule has 14 heavy (non-hydrogen) atoms. The highest BCUT2D eigenvalue weighted by Gasteiger charge is 2.13. The topological polar surface area (TPSA) is 26.0 Å². The summed E-state index contributed by atoms with van der Waals surface area (Å²) in [5, 5.41) is 0. The SMILES string of the molecule is Cc1ccc([C@@H](N)CC(F)F)cc1F. The van der Waals surface area contributed by atoms with Gasteiger partial charge in [0.05, 0.1) is 0 Å². The van der Waals surface area contributed by atoms with Gasteiger partial charge < -0.3 is 5.73 Å². The zero-order chi connectivity index (χ0) is 10.7. The summed E-state index contributed by atoms with van der Waals surface area (Å²) in [4.78, 5) is 0. The van der Waals surface area contributed by atoms with Gasteiger partial charge in [0.25, 0.3) is 0 Å². The Morgan fingerprint density at radius 1 is 1.36 bits per heavy atom. The van der Waals surface area contributed by atoms with E-state index in [1.165, 1.54) is 12.1 Å². The molecular weight excluding hydrogens is 191 g/mol. The van der Waals surface area contributed by atoms with Gasteiger partial charge >= 0.3 is 0 Å². The smallest absolute Gasteiger partial charge is 0.240 e. The molecule has 0 spiro atoms. The molecule has 0 aliphatic rings. The van der Waals surface area contributed by atoms with Crippen LogP contribution in [-0.4, -0.2) is 6.43 Å². The summed E-state index contributed by atoms with van der Waals surface area (Å²) in [6.45, 7) is 1.61. The molecule has 1 aromatic rings. The van der Waals surface area contributed by atoms with Crippen LogP contribution in [0.4, 0.5) is 13.2 Å². The van der Waals surface area contributed by atoms with E-state index in [2.05, 4.69) is 0 Å². The Morgan fingerprint density at radius 2 is 2.00 bits per heavy atom. The van der Waals surface area contributed by atoms with Gasteiger partial charge in [0.15, 0.2) is 0 Å². The maximum Gasteiger partial charge on any atom is 0.240 e. The van der Waals surface area contributed by atoms with Gasteiger partial charge in [-0.25, -0.2) is 13.2 Å². The first-order valence-corrected chi connectivity index (χ1v) is 4.30. The van der Waals surface area contributed by atoms with Crippen LogP contribution < -0.4 is 5.73 Å². The van der Waals surface area contributed by atoms with Crippen molar-refractivity contribution in [2.24, 2.45) is 5.73 Å². The fourth-order valence-electron chi connectivity index (χ4n) is 1.17. The van der Waals surface area contributed by atoms with Crippen LogP contribution in [0.1, 0.15) is 23.6 Å². The molecule has 1 aromatic carbocycles. The average molecular weight is 203 g/mol. The summed E-state index contributed by atoms with van der Waals surface area (Å²) in [5.41, 5.74) is 6.36. The third kappa shape index (κ3) is 2.73. The van der Waals surface area contributed by atoms with Crippen LogP contribution in [0.3, 0.4) is 0 Å². The Balaban J connectivity index is 2.80. The molecule has 0 unspecified atom stereocenters. The molecule has 0 saturated heterocycles. The zero-order valence-corrected chi connectivity index (χ0v) is 7.81. The molecule has 0 amide bonds. The van der Waals surface area contributed by atoms with Crippen molar-refractivity contribution in [3.8, 4) is 0 Å². The van der Waals surface area contributed by atoms with Crippen molar-refractivity contribution < 1.29 is 13.2 Å². The lowest BCUT2D eigenvalue weighted by atomic mass is 10.0. The number of halogens is 3. The fourth-order valence-corrected chi connectivity index (χ4v) is 1.17. The Morgan fingerprint density at radius 3 is 2.50 bits per heavy atom. The normalized spacial score (nSPS) is 13.3. The van der Waals surface area contributed by atoms with E-state index in [9.17, 15) is 13.2 Å². The van der Waals surface area contributed by atoms with Crippen molar-refractivity contribution >= 4 is 0 Å². The van der Waals surface area contributed by atoms with Gasteiger partial charge in [-0.3, -0.25) is 0 Å². The number of rotatable bonds is 3. The number of aryl methyl sites for hydroxylation is 1. The maximum absolute atomic E-state index is 13.0. The second kappa shape index (κ2) is 4.46. The molecule has 0 heterocycles. The third-order valence-electron chi connectivity index (χ3n) is 2.06. The van der Waals surface area contributed by atoms with E-state index < -0.39 is 24.7 Å². The lowest BCUT2D eigenvalue weighted by Crippen LogP contribution is -2.14. The second-order valence-electron chi connectivity index (χ2n) is 3.24. The van der Waals surface area contributed by atoms with Gasteiger partial charge in [-0.1, -0.05) is 12.1 Å². The zero-order valence-electron chi connectivity index (χ0n) is 7.81. The molecule has 0 fully saturated rings. The molecule has 0 radical (unpaired) electrons. The minimum Gasteiger partial charge on any atom is -0.324 e. The number of alkyl halides is 2. The van der Waals surface area contributed by atoms with E-state index in [1.807, 2.05) is 0 Å². The Kier molecular flexibility index (Phi) is 3.52. The van der Waals surface area contributed by atoms with E-state index in [0.29, 0.717) is 11.1 Å². The van der Waals surface area contributed by atoms with Crippen molar-refractivity contribution in [2.45, 2.75) is 25.8 Å². The molecule has 0 bridgehead atoms. The first-order chi connectivity index (χ1) is 6.50. The average Bonchev–Trinajstić information content (AvgIpc) is 2.08. The Bertz CT molecular complexity index is 312. The number of nitrogens with two attached hydrogens (primary N) is 1. The molecule has 0 aliphatic carbocycles. The minimum atomic E-state index is -2.46. The van der Waals surface area contributed by atoms with Crippen LogP contribution in [0.25, 0.3) is 0 Å². The molecule has 0 saturated carbocycles. The maximum atomic E-state index is 13.0. The van der Waals surface area contributed by atoms with Crippen molar-refractivity contribution in [3.05, 3.63) is 35.1 Å². The lowest BCUT2D eigenvalue weighted by molar-refractivity contribution is 0.128. The van der Waals surface area contributed by atoms with E-state index in [1.54, 1.807) is 13.0 Å². The van der Waals surface area contributed by atoms with Crippen LogP contribution in [0.2, 0.25) is 0 Å². The first kappa shape index (κ1) is 11.0. The molecule has 0 aliphatic heterocycles. The van der Waals surface area contributed by atoms with Crippen LogP contribution in [0.5, 0.6) is 0 Å². The summed E-state index contributed by atoms with van der Waals surface area (Å²) in [6.07, 6.45) is -2.91. The number of hydrogen-bond acceptors (Lipinski definition) is 1. The van der Waals surface area contributed by atoms with Crippen LogP contribution >= 0.6 is 0 Å². The number of hydrogen-bond donors (Lipinski definition) is 1. The van der Waals surface area contributed by atoms with E-state index in [-0.39, 0.29) is 0 Å². The number of benzene rings is 1. The predicted octanol–water partition coefficient (Wildman–Crippen LogP) is 2.79. The van der Waals surface area contributed by atoms with Gasteiger partial charge in [0.2, 0.25) is 6.43 Å². The fraction of sp³-hybridized carbons (Fsp3) is 0.400.